The zero-order valence-electron chi connectivity index (χ0n) is 12.6. The van der Waals surface area contributed by atoms with Gasteiger partial charge in [-0.1, -0.05) is 12.1 Å². The maximum absolute atomic E-state index is 13.2. The second-order valence-corrected chi connectivity index (χ2v) is 5.90. The monoisotopic (exact) mass is 304 g/mol. The van der Waals surface area contributed by atoms with Crippen LogP contribution in [-0.4, -0.2) is 37.7 Å². The van der Waals surface area contributed by atoms with E-state index in [2.05, 4.69) is 11.0 Å². The Morgan fingerprint density at radius 1 is 1.18 bits per heavy atom. The fourth-order valence-electron chi connectivity index (χ4n) is 3.49. The average molecular weight is 304 g/mol. The third-order valence-electron chi connectivity index (χ3n) is 4.63. The quantitative estimate of drug-likeness (QED) is 0.858. The molecule has 118 valence electrons. The summed E-state index contributed by atoms with van der Waals surface area (Å²) in [7, 11) is 0. The largest absolute Gasteiger partial charge is 0.343 e. The number of ether oxygens (including phenoxy) is 2. The van der Waals surface area contributed by atoms with Crippen molar-refractivity contribution >= 4 is 0 Å². The summed E-state index contributed by atoms with van der Waals surface area (Å²) in [5.74, 6) is -0.711. The molecule has 22 heavy (non-hydrogen) atoms. The molecule has 0 atom stereocenters. The Hall–Kier alpha value is -1.48. The Bertz CT molecular complexity index is 527. The number of likely N-dealkylation sites (tertiary alicyclic amines) is 1. The normalized spacial score (nSPS) is 22.5. The number of nitrogens with zero attached hydrogens (tertiary/aromatic N) is 2. The van der Waals surface area contributed by atoms with Crippen LogP contribution < -0.4 is 0 Å². The molecule has 3 rings (SSSR count). The molecule has 1 aromatic carbocycles. The van der Waals surface area contributed by atoms with Crippen LogP contribution in [0, 0.1) is 23.1 Å². The van der Waals surface area contributed by atoms with Gasteiger partial charge >= 0.3 is 0 Å². The Kier molecular flexibility index (Phi) is 4.72. The van der Waals surface area contributed by atoms with Gasteiger partial charge in [-0.05, 0) is 38.1 Å². The first-order chi connectivity index (χ1) is 10.7. The highest BCUT2D eigenvalue weighted by atomic mass is 19.1. The number of halogens is 1. The van der Waals surface area contributed by atoms with Crippen LogP contribution in [0.15, 0.2) is 24.3 Å². The third-order valence-corrected chi connectivity index (χ3v) is 4.63. The van der Waals surface area contributed by atoms with Gasteiger partial charge in [-0.3, -0.25) is 0 Å². The lowest BCUT2D eigenvalue weighted by Gasteiger charge is -2.41. The molecular weight excluding hydrogens is 283 g/mol. The third kappa shape index (κ3) is 3.00. The molecule has 5 heteroatoms. The number of hydrogen-bond acceptors (Lipinski definition) is 4. The Labute approximate surface area is 130 Å². The summed E-state index contributed by atoms with van der Waals surface area (Å²) in [6.07, 6.45) is 2.49. The lowest BCUT2D eigenvalue weighted by atomic mass is 9.84. The van der Waals surface area contributed by atoms with Crippen LogP contribution in [-0.2, 0) is 15.3 Å². The van der Waals surface area contributed by atoms with Gasteiger partial charge in [0.15, 0.2) is 5.79 Å². The molecule has 0 aromatic heterocycles. The van der Waals surface area contributed by atoms with Crippen LogP contribution in [0.3, 0.4) is 0 Å². The Morgan fingerprint density at radius 3 is 2.41 bits per heavy atom. The van der Waals surface area contributed by atoms with Gasteiger partial charge in [0, 0.05) is 24.4 Å². The van der Waals surface area contributed by atoms with Gasteiger partial charge in [-0.2, -0.15) is 5.26 Å². The van der Waals surface area contributed by atoms with E-state index < -0.39 is 5.79 Å². The number of nitriles is 1. The molecule has 2 saturated heterocycles. The molecule has 0 radical (unpaired) electrons. The van der Waals surface area contributed by atoms with Crippen molar-refractivity contribution in [3.63, 3.8) is 0 Å². The number of rotatable bonds is 4. The first-order valence-electron chi connectivity index (χ1n) is 7.88. The van der Waals surface area contributed by atoms with E-state index in [1.807, 2.05) is 0 Å². The maximum atomic E-state index is 13.2. The average Bonchev–Trinajstić information content (AvgIpc) is 3.05. The van der Waals surface area contributed by atoms with Crippen molar-refractivity contribution in [1.29, 1.82) is 5.26 Å². The number of piperidine rings is 1. The highest BCUT2D eigenvalue weighted by molar-refractivity contribution is 5.23. The minimum atomic E-state index is -0.727. The van der Waals surface area contributed by atoms with Gasteiger partial charge < -0.3 is 14.4 Å². The summed E-state index contributed by atoms with van der Waals surface area (Å²) in [6, 6.07) is 8.65. The molecule has 2 fully saturated rings. The van der Waals surface area contributed by atoms with Gasteiger partial charge in [0.2, 0.25) is 0 Å². The fourth-order valence-corrected chi connectivity index (χ4v) is 3.49. The summed E-state index contributed by atoms with van der Waals surface area (Å²) >= 11 is 0. The van der Waals surface area contributed by atoms with Crippen molar-refractivity contribution in [2.75, 3.05) is 32.8 Å². The second-order valence-electron chi connectivity index (χ2n) is 5.90. The van der Waals surface area contributed by atoms with Crippen LogP contribution >= 0.6 is 0 Å². The van der Waals surface area contributed by atoms with Crippen molar-refractivity contribution in [2.24, 2.45) is 5.92 Å². The Morgan fingerprint density at radius 2 is 1.82 bits per heavy atom. The summed E-state index contributed by atoms with van der Waals surface area (Å²) in [6.45, 7) is 3.87. The summed E-state index contributed by atoms with van der Waals surface area (Å²) in [5.41, 5.74) is 0.905. The van der Waals surface area contributed by atoms with Crippen LogP contribution in [0.1, 0.15) is 24.8 Å². The number of hydrogen-bond donors (Lipinski definition) is 0. The Balaban J connectivity index is 1.73. The van der Waals surface area contributed by atoms with E-state index in [-0.39, 0.29) is 11.7 Å². The van der Waals surface area contributed by atoms with E-state index in [1.165, 1.54) is 12.1 Å². The van der Waals surface area contributed by atoms with Crippen molar-refractivity contribution in [1.82, 2.24) is 4.90 Å². The molecule has 2 aliphatic heterocycles. The van der Waals surface area contributed by atoms with E-state index in [1.54, 1.807) is 12.1 Å². The molecule has 2 heterocycles. The minimum Gasteiger partial charge on any atom is -0.343 e. The second kappa shape index (κ2) is 6.74. The molecule has 0 spiro atoms. The standard InChI is InChI=1S/C17H21FN2O2/c18-16-4-2-14(3-5-16)17(21-12-13-22-17)15-6-10-20(11-7-15)9-1-8-19/h2-5,15H,1,6-7,9-13H2. The lowest BCUT2D eigenvalue weighted by molar-refractivity contribution is -0.214. The van der Waals surface area contributed by atoms with Crippen LogP contribution in [0.2, 0.25) is 0 Å². The molecule has 0 saturated carbocycles. The molecule has 0 unspecified atom stereocenters. The highest BCUT2D eigenvalue weighted by Crippen LogP contribution is 2.43. The summed E-state index contributed by atoms with van der Waals surface area (Å²) in [5, 5.41) is 8.69. The molecule has 0 N–H and O–H groups in total. The van der Waals surface area contributed by atoms with E-state index in [9.17, 15) is 4.39 Å². The SMILES string of the molecule is N#CCCN1CCC(C2(c3ccc(F)cc3)OCCO2)CC1. The topological polar surface area (TPSA) is 45.5 Å². The zero-order valence-corrected chi connectivity index (χ0v) is 12.6. The molecule has 0 bridgehead atoms. The van der Waals surface area contributed by atoms with Crippen LogP contribution in [0.5, 0.6) is 0 Å². The molecule has 0 aliphatic carbocycles. The van der Waals surface area contributed by atoms with Gasteiger partial charge in [0.25, 0.3) is 0 Å². The van der Waals surface area contributed by atoms with Crippen molar-refractivity contribution in [3.8, 4) is 6.07 Å². The molecular formula is C17H21FN2O2. The first kappa shape index (κ1) is 15.4. The van der Waals surface area contributed by atoms with Crippen molar-refractivity contribution in [2.45, 2.75) is 25.0 Å². The predicted molar refractivity (Wildman–Crippen MR) is 79.4 cm³/mol. The summed E-state index contributed by atoms with van der Waals surface area (Å²) in [4.78, 5) is 2.31. The maximum Gasteiger partial charge on any atom is 0.197 e. The zero-order chi connectivity index (χ0) is 15.4. The molecule has 4 nitrogen and oxygen atoms in total. The molecule has 0 amide bonds. The predicted octanol–water partition coefficient (Wildman–Crippen LogP) is 2.65. The fraction of sp³-hybridized carbons (Fsp3) is 0.588. The van der Waals surface area contributed by atoms with E-state index in [0.717, 1.165) is 38.0 Å². The van der Waals surface area contributed by atoms with Gasteiger partial charge in [-0.25, -0.2) is 4.39 Å². The van der Waals surface area contributed by atoms with Gasteiger partial charge in [-0.15, -0.1) is 0 Å². The van der Waals surface area contributed by atoms with Crippen LogP contribution in [0.25, 0.3) is 0 Å². The van der Waals surface area contributed by atoms with E-state index in [4.69, 9.17) is 14.7 Å². The smallest absolute Gasteiger partial charge is 0.197 e. The summed E-state index contributed by atoms with van der Waals surface area (Å²) < 4.78 is 25.2. The van der Waals surface area contributed by atoms with E-state index in [0.29, 0.717) is 19.6 Å². The minimum absolute atomic E-state index is 0.247. The lowest BCUT2D eigenvalue weighted by Crippen LogP contribution is -2.44. The van der Waals surface area contributed by atoms with Crippen molar-refractivity contribution < 1.29 is 13.9 Å². The first-order valence-corrected chi connectivity index (χ1v) is 7.88. The van der Waals surface area contributed by atoms with Crippen LogP contribution in [0.4, 0.5) is 4.39 Å². The highest BCUT2D eigenvalue weighted by Gasteiger charge is 2.46. The molecule has 1 aromatic rings. The molecule has 2 aliphatic rings. The van der Waals surface area contributed by atoms with Gasteiger partial charge in [0.05, 0.1) is 19.3 Å². The van der Waals surface area contributed by atoms with Crippen molar-refractivity contribution in [3.05, 3.63) is 35.6 Å². The van der Waals surface area contributed by atoms with E-state index >= 15 is 0 Å². The number of benzene rings is 1. The van der Waals surface area contributed by atoms with Gasteiger partial charge in [0.1, 0.15) is 5.82 Å².